The summed E-state index contributed by atoms with van der Waals surface area (Å²) in [5.74, 6) is 0. The number of rotatable bonds is 15. The van der Waals surface area contributed by atoms with E-state index in [-0.39, 0.29) is 11.4 Å². The molecule has 0 bridgehead atoms. The van der Waals surface area contributed by atoms with Gasteiger partial charge in [0.15, 0.2) is 0 Å². The van der Waals surface area contributed by atoms with Crippen LogP contribution >= 0.6 is 0 Å². The molecular weight excluding hydrogens is 532 g/mol. The number of hydrogen-bond acceptors (Lipinski definition) is 8. The van der Waals surface area contributed by atoms with Crippen LogP contribution in [-0.4, -0.2) is 9.85 Å². The minimum atomic E-state index is -0.437. The molecule has 4 aromatic rings. The summed E-state index contributed by atoms with van der Waals surface area (Å²) < 4.78 is 0. The van der Waals surface area contributed by atoms with Crippen LogP contribution in [0.1, 0.15) is 49.7 Å². The zero-order valence-electron chi connectivity index (χ0n) is 23.2. The molecule has 0 aliphatic rings. The molecule has 0 amide bonds. The molecular formula is C32H32N6O4. The average Bonchev–Trinajstić information content (AvgIpc) is 3.02. The molecule has 0 heterocycles. The van der Waals surface area contributed by atoms with Gasteiger partial charge >= 0.3 is 0 Å². The van der Waals surface area contributed by atoms with E-state index in [9.17, 15) is 20.2 Å². The summed E-state index contributed by atoms with van der Waals surface area (Å²) in [6.45, 7) is 0. The van der Waals surface area contributed by atoms with Crippen molar-refractivity contribution in [3.05, 3.63) is 128 Å². The summed E-state index contributed by atoms with van der Waals surface area (Å²) in [6, 6.07) is 28.1. The van der Waals surface area contributed by atoms with Crippen LogP contribution in [0.2, 0.25) is 0 Å². The zero-order chi connectivity index (χ0) is 29.6. The van der Waals surface area contributed by atoms with E-state index < -0.39 is 9.85 Å². The molecule has 0 atom stereocenters. The standard InChI is InChI=1S/C32H32N6O4/c39-37(40)31-21-17-29(18-22-31)35-33-27-13-9-25(10-14-27)7-5-3-1-2-4-6-8-26-11-15-28(16-12-26)34-36-30-19-23-32(24-20-30)38(41)42/h9-24H,1-8H2. The van der Waals surface area contributed by atoms with Gasteiger partial charge in [-0.25, -0.2) is 0 Å². The Balaban J connectivity index is 1.07. The number of nitro groups is 2. The van der Waals surface area contributed by atoms with Gasteiger partial charge in [0.05, 0.1) is 32.6 Å². The first kappa shape index (κ1) is 29.9. The molecule has 0 aliphatic carbocycles. The van der Waals surface area contributed by atoms with Crippen LogP contribution in [-0.2, 0) is 12.8 Å². The normalized spacial score (nSPS) is 11.3. The first-order chi connectivity index (χ1) is 20.5. The monoisotopic (exact) mass is 564 g/mol. The van der Waals surface area contributed by atoms with Crippen LogP contribution in [0.4, 0.5) is 34.1 Å². The van der Waals surface area contributed by atoms with Crippen molar-refractivity contribution in [2.75, 3.05) is 0 Å². The predicted molar refractivity (Wildman–Crippen MR) is 163 cm³/mol. The number of azo groups is 2. The zero-order valence-corrected chi connectivity index (χ0v) is 23.2. The third-order valence-electron chi connectivity index (χ3n) is 6.74. The highest BCUT2D eigenvalue weighted by Crippen LogP contribution is 2.23. The van der Waals surface area contributed by atoms with Gasteiger partial charge in [-0.1, -0.05) is 49.9 Å². The quantitative estimate of drug-likeness (QED) is 0.0613. The molecule has 0 aromatic heterocycles. The molecule has 0 fully saturated rings. The molecule has 10 nitrogen and oxygen atoms in total. The van der Waals surface area contributed by atoms with Gasteiger partial charge in [0.1, 0.15) is 0 Å². The van der Waals surface area contributed by atoms with Gasteiger partial charge in [0, 0.05) is 24.3 Å². The van der Waals surface area contributed by atoms with Crippen molar-refractivity contribution in [1.82, 2.24) is 0 Å². The molecule has 4 aromatic carbocycles. The van der Waals surface area contributed by atoms with E-state index in [0.29, 0.717) is 11.4 Å². The van der Waals surface area contributed by atoms with E-state index in [0.717, 1.165) is 37.1 Å². The van der Waals surface area contributed by atoms with Crippen molar-refractivity contribution >= 4 is 34.1 Å². The molecule has 214 valence electrons. The molecule has 0 aliphatic heterocycles. The Morgan fingerprint density at radius 2 is 0.667 bits per heavy atom. The van der Waals surface area contributed by atoms with Crippen molar-refractivity contribution in [2.45, 2.75) is 51.4 Å². The number of unbranched alkanes of at least 4 members (excludes halogenated alkanes) is 5. The topological polar surface area (TPSA) is 136 Å². The largest absolute Gasteiger partial charge is 0.269 e. The third-order valence-corrected chi connectivity index (χ3v) is 6.74. The maximum Gasteiger partial charge on any atom is 0.269 e. The number of nitrogens with zero attached hydrogens (tertiary/aromatic N) is 6. The Kier molecular flexibility index (Phi) is 11.1. The highest BCUT2D eigenvalue weighted by molar-refractivity contribution is 5.46. The van der Waals surface area contributed by atoms with Crippen LogP contribution in [0, 0.1) is 20.2 Å². The van der Waals surface area contributed by atoms with Gasteiger partial charge < -0.3 is 0 Å². The fourth-order valence-corrected chi connectivity index (χ4v) is 4.34. The summed E-state index contributed by atoms with van der Waals surface area (Å²) in [5, 5.41) is 38.2. The summed E-state index contributed by atoms with van der Waals surface area (Å²) >= 11 is 0. The van der Waals surface area contributed by atoms with Crippen LogP contribution in [0.25, 0.3) is 0 Å². The number of hydrogen-bond donors (Lipinski definition) is 0. The lowest BCUT2D eigenvalue weighted by Gasteiger charge is -2.04. The van der Waals surface area contributed by atoms with Gasteiger partial charge in [0.25, 0.3) is 11.4 Å². The summed E-state index contributed by atoms with van der Waals surface area (Å²) in [4.78, 5) is 20.6. The van der Waals surface area contributed by atoms with Crippen LogP contribution in [0.15, 0.2) is 118 Å². The van der Waals surface area contributed by atoms with Crippen LogP contribution in [0.5, 0.6) is 0 Å². The second kappa shape index (κ2) is 15.6. The minimum absolute atomic E-state index is 0.0331. The predicted octanol–water partition coefficient (Wildman–Crippen LogP) is 10.5. The molecule has 10 heteroatoms. The summed E-state index contributed by atoms with van der Waals surface area (Å²) in [6.07, 6.45) is 9.24. The Morgan fingerprint density at radius 1 is 0.405 bits per heavy atom. The Morgan fingerprint density at radius 3 is 0.952 bits per heavy atom. The van der Waals surface area contributed by atoms with Gasteiger partial charge in [-0.05, 0) is 85.3 Å². The molecule has 0 unspecified atom stereocenters. The van der Waals surface area contributed by atoms with Crippen molar-refractivity contribution in [1.29, 1.82) is 0 Å². The lowest BCUT2D eigenvalue weighted by molar-refractivity contribution is -0.385. The van der Waals surface area contributed by atoms with E-state index in [4.69, 9.17) is 0 Å². The van der Waals surface area contributed by atoms with Crippen molar-refractivity contribution < 1.29 is 9.85 Å². The number of nitro benzene ring substituents is 2. The molecule has 42 heavy (non-hydrogen) atoms. The Bertz CT molecular complexity index is 1380. The molecule has 0 saturated heterocycles. The fourth-order valence-electron chi connectivity index (χ4n) is 4.34. The number of aryl methyl sites for hydroxylation is 2. The van der Waals surface area contributed by atoms with Gasteiger partial charge in [-0.2, -0.15) is 20.5 Å². The fraction of sp³-hybridized carbons (Fsp3) is 0.250. The Hall–Kier alpha value is -5.12. The SMILES string of the molecule is O=[N+]([O-])c1ccc(N=Nc2ccc(CCCCCCCCc3ccc(N=Nc4ccc([N+](=O)[O-])cc4)cc3)cc2)cc1. The van der Waals surface area contributed by atoms with Gasteiger partial charge in [0.2, 0.25) is 0 Å². The first-order valence-electron chi connectivity index (χ1n) is 14.0. The third kappa shape index (κ3) is 9.81. The van der Waals surface area contributed by atoms with E-state index >= 15 is 0 Å². The lowest BCUT2D eigenvalue weighted by atomic mass is 10.0. The molecule has 0 spiro atoms. The van der Waals surface area contributed by atoms with E-state index in [1.165, 1.54) is 61.1 Å². The minimum Gasteiger partial charge on any atom is -0.258 e. The smallest absolute Gasteiger partial charge is 0.258 e. The molecule has 0 radical (unpaired) electrons. The number of benzene rings is 4. The second-order valence-corrected chi connectivity index (χ2v) is 9.90. The van der Waals surface area contributed by atoms with Crippen molar-refractivity contribution in [3.63, 3.8) is 0 Å². The van der Waals surface area contributed by atoms with E-state index in [2.05, 4.69) is 44.7 Å². The van der Waals surface area contributed by atoms with E-state index in [1.54, 1.807) is 24.3 Å². The Labute approximate surface area is 244 Å². The molecule has 4 rings (SSSR count). The maximum atomic E-state index is 10.7. The molecule has 0 N–H and O–H groups in total. The average molecular weight is 565 g/mol. The highest BCUT2D eigenvalue weighted by Gasteiger charge is 2.04. The maximum absolute atomic E-state index is 10.7. The van der Waals surface area contributed by atoms with E-state index in [1.807, 2.05) is 24.3 Å². The highest BCUT2D eigenvalue weighted by atomic mass is 16.6. The molecule has 0 saturated carbocycles. The summed E-state index contributed by atoms with van der Waals surface area (Å²) in [5.41, 5.74) is 5.26. The van der Waals surface area contributed by atoms with Crippen molar-refractivity contribution in [3.8, 4) is 0 Å². The summed E-state index contributed by atoms with van der Waals surface area (Å²) in [7, 11) is 0. The van der Waals surface area contributed by atoms with Gasteiger partial charge in [-0.15, -0.1) is 0 Å². The lowest BCUT2D eigenvalue weighted by Crippen LogP contribution is -1.88. The van der Waals surface area contributed by atoms with Crippen molar-refractivity contribution in [2.24, 2.45) is 20.5 Å². The van der Waals surface area contributed by atoms with Gasteiger partial charge in [-0.3, -0.25) is 20.2 Å². The number of non-ortho nitro benzene ring substituents is 2. The van der Waals surface area contributed by atoms with Crippen LogP contribution in [0.3, 0.4) is 0 Å². The van der Waals surface area contributed by atoms with Crippen LogP contribution < -0.4 is 0 Å². The first-order valence-corrected chi connectivity index (χ1v) is 14.0. The second-order valence-electron chi connectivity index (χ2n) is 9.90.